The van der Waals surface area contributed by atoms with E-state index in [0.29, 0.717) is 30.3 Å². The van der Waals surface area contributed by atoms with E-state index in [0.717, 1.165) is 11.3 Å². The summed E-state index contributed by atoms with van der Waals surface area (Å²) < 4.78 is 11.0. The highest BCUT2D eigenvalue weighted by Gasteiger charge is 2.10. The molecule has 0 spiro atoms. The summed E-state index contributed by atoms with van der Waals surface area (Å²) >= 11 is 0. The fraction of sp³-hybridized carbons (Fsp3) is 0.167. The van der Waals surface area contributed by atoms with Gasteiger partial charge in [0.05, 0.1) is 0 Å². The smallest absolute Gasteiger partial charge is 0.303 e. The summed E-state index contributed by atoms with van der Waals surface area (Å²) in [5.41, 5.74) is 0.775. The van der Waals surface area contributed by atoms with Crippen molar-refractivity contribution >= 4 is 5.97 Å². The van der Waals surface area contributed by atoms with Gasteiger partial charge in [-0.15, -0.1) is 0 Å². The molecular weight excluding hydrogens is 308 g/mol. The number of hydrogen-bond acceptors (Lipinski definition) is 5. The van der Waals surface area contributed by atoms with Crippen molar-refractivity contribution in [1.82, 2.24) is 10.1 Å². The molecule has 0 fully saturated rings. The number of aromatic nitrogens is 2. The zero-order valence-electron chi connectivity index (χ0n) is 12.9. The van der Waals surface area contributed by atoms with Crippen LogP contribution in [0.1, 0.15) is 18.7 Å². The number of carboxylic acid groups (broad SMARTS) is 1. The Morgan fingerprint density at radius 1 is 1.08 bits per heavy atom. The van der Waals surface area contributed by atoms with Crippen molar-refractivity contribution in [1.29, 1.82) is 0 Å². The van der Waals surface area contributed by atoms with Crippen LogP contribution < -0.4 is 4.74 Å². The summed E-state index contributed by atoms with van der Waals surface area (Å²) in [5, 5.41) is 12.6. The number of aliphatic carboxylic acids is 1. The van der Waals surface area contributed by atoms with Crippen molar-refractivity contribution in [2.45, 2.75) is 19.3 Å². The Hall–Kier alpha value is -3.15. The van der Waals surface area contributed by atoms with Crippen molar-refractivity contribution < 1.29 is 19.2 Å². The van der Waals surface area contributed by atoms with Gasteiger partial charge in [-0.1, -0.05) is 35.5 Å². The van der Waals surface area contributed by atoms with Crippen LogP contribution in [0.3, 0.4) is 0 Å². The molecule has 0 saturated heterocycles. The number of nitrogens with zero attached hydrogens (tertiary/aromatic N) is 2. The van der Waals surface area contributed by atoms with E-state index in [9.17, 15) is 4.79 Å². The lowest BCUT2D eigenvalue weighted by atomic mass is 10.2. The van der Waals surface area contributed by atoms with Crippen LogP contribution in [0.5, 0.6) is 11.5 Å². The molecule has 0 saturated carbocycles. The molecule has 1 aromatic heterocycles. The summed E-state index contributed by atoms with van der Waals surface area (Å²) in [7, 11) is 0. The van der Waals surface area contributed by atoms with E-state index < -0.39 is 5.97 Å². The Morgan fingerprint density at radius 2 is 1.88 bits per heavy atom. The molecule has 0 atom stereocenters. The third kappa shape index (κ3) is 4.19. The molecule has 6 nitrogen and oxygen atoms in total. The summed E-state index contributed by atoms with van der Waals surface area (Å²) in [6.07, 6.45) is 0.992. The SMILES string of the molecule is O=C(O)CCCc1nc(-c2cccc(Oc3ccccc3)c2)no1. The number of para-hydroxylation sites is 1. The van der Waals surface area contributed by atoms with Crippen molar-refractivity contribution in [3.05, 3.63) is 60.5 Å². The fourth-order valence-electron chi connectivity index (χ4n) is 2.19. The van der Waals surface area contributed by atoms with Gasteiger partial charge >= 0.3 is 5.97 Å². The predicted octanol–water partition coefficient (Wildman–Crippen LogP) is 3.94. The third-order valence-corrected chi connectivity index (χ3v) is 3.32. The summed E-state index contributed by atoms with van der Waals surface area (Å²) in [6.45, 7) is 0. The molecule has 3 rings (SSSR count). The molecule has 0 radical (unpaired) electrons. The van der Waals surface area contributed by atoms with Crippen molar-refractivity contribution in [2.75, 3.05) is 0 Å². The highest BCUT2D eigenvalue weighted by atomic mass is 16.5. The first-order valence-corrected chi connectivity index (χ1v) is 7.58. The van der Waals surface area contributed by atoms with Gasteiger partial charge < -0.3 is 14.4 Å². The number of benzene rings is 2. The highest BCUT2D eigenvalue weighted by molar-refractivity contribution is 5.66. The van der Waals surface area contributed by atoms with Gasteiger partial charge in [-0.3, -0.25) is 4.79 Å². The second-order valence-electron chi connectivity index (χ2n) is 5.20. The number of carboxylic acids is 1. The molecule has 122 valence electrons. The van der Waals surface area contributed by atoms with Crippen LogP contribution in [-0.2, 0) is 11.2 Å². The normalized spacial score (nSPS) is 10.5. The van der Waals surface area contributed by atoms with Gasteiger partial charge in [0.1, 0.15) is 11.5 Å². The third-order valence-electron chi connectivity index (χ3n) is 3.32. The van der Waals surface area contributed by atoms with E-state index in [4.69, 9.17) is 14.4 Å². The van der Waals surface area contributed by atoms with Crippen LogP contribution in [0.4, 0.5) is 0 Å². The highest BCUT2D eigenvalue weighted by Crippen LogP contribution is 2.26. The average molecular weight is 324 g/mol. The molecule has 0 aliphatic rings. The largest absolute Gasteiger partial charge is 0.481 e. The second-order valence-corrected chi connectivity index (χ2v) is 5.20. The first kappa shape index (κ1) is 15.7. The van der Waals surface area contributed by atoms with Crippen LogP contribution in [0.15, 0.2) is 59.1 Å². The zero-order valence-corrected chi connectivity index (χ0v) is 12.9. The maximum absolute atomic E-state index is 10.5. The first-order valence-electron chi connectivity index (χ1n) is 7.58. The minimum absolute atomic E-state index is 0.0815. The quantitative estimate of drug-likeness (QED) is 0.708. The maximum atomic E-state index is 10.5. The van der Waals surface area contributed by atoms with Crippen molar-refractivity contribution in [3.63, 3.8) is 0 Å². The van der Waals surface area contributed by atoms with Crippen molar-refractivity contribution in [3.8, 4) is 22.9 Å². The number of carbonyl (C=O) groups is 1. The minimum atomic E-state index is -0.833. The minimum Gasteiger partial charge on any atom is -0.481 e. The summed E-state index contributed by atoms with van der Waals surface area (Å²) in [5.74, 6) is 1.48. The Balaban J connectivity index is 1.70. The van der Waals surface area contributed by atoms with Gasteiger partial charge in [0.2, 0.25) is 11.7 Å². The Morgan fingerprint density at radius 3 is 2.67 bits per heavy atom. The van der Waals surface area contributed by atoms with E-state index in [1.54, 1.807) is 0 Å². The number of rotatable bonds is 7. The molecule has 3 aromatic rings. The first-order chi connectivity index (χ1) is 11.7. The predicted molar refractivity (Wildman–Crippen MR) is 86.8 cm³/mol. The second kappa shape index (κ2) is 7.41. The molecule has 24 heavy (non-hydrogen) atoms. The molecule has 1 N–H and O–H groups in total. The lowest BCUT2D eigenvalue weighted by Gasteiger charge is -2.05. The van der Waals surface area contributed by atoms with Crippen LogP contribution in [-0.4, -0.2) is 21.2 Å². The number of hydrogen-bond donors (Lipinski definition) is 1. The Labute approximate surface area is 138 Å². The van der Waals surface area contributed by atoms with Gasteiger partial charge in [0, 0.05) is 18.4 Å². The average Bonchev–Trinajstić information content (AvgIpc) is 3.05. The van der Waals surface area contributed by atoms with Gasteiger partial charge in [-0.25, -0.2) is 0 Å². The topological polar surface area (TPSA) is 85.5 Å². The molecule has 6 heteroatoms. The van der Waals surface area contributed by atoms with E-state index >= 15 is 0 Å². The van der Waals surface area contributed by atoms with E-state index in [2.05, 4.69) is 10.1 Å². The molecule has 1 heterocycles. The molecular formula is C18H16N2O4. The van der Waals surface area contributed by atoms with Crippen LogP contribution in [0.25, 0.3) is 11.4 Å². The lowest BCUT2D eigenvalue weighted by molar-refractivity contribution is -0.137. The van der Waals surface area contributed by atoms with Crippen LogP contribution in [0, 0.1) is 0 Å². The van der Waals surface area contributed by atoms with Gasteiger partial charge in [0.25, 0.3) is 0 Å². The molecule has 2 aromatic carbocycles. The number of ether oxygens (including phenoxy) is 1. The zero-order chi connectivity index (χ0) is 16.8. The van der Waals surface area contributed by atoms with E-state index in [-0.39, 0.29) is 6.42 Å². The lowest BCUT2D eigenvalue weighted by Crippen LogP contribution is -1.96. The van der Waals surface area contributed by atoms with E-state index in [1.165, 1.54) is 0 Å². The Bertz CT molecular complexity index is 815. The molecule has 0 unspecified atom stereocenters. The maximum Gasteiger partial charge on any atom is 0.303 e. The van der Waals surface area contributed by atoms with Crippen LogP contribution in [0.2, 0.25) is 0 Å². The summed E-state index contributed by atoms with van der Waals surface area (Å²) in [6, 6.07) is 16.9. The van der Waals surface area contributed by atoms with Crippen LogP contribution >= 0.6 is 0 Å². The fourth-order valence-corrected chi connectivity index (χ4v) is 2.19. The van der Waals surface area contributed by atoms with Gasteiger partial charge in [-0.05, 0) is 30.7 Å². The van der Waals surface area contributed by atoms with Gasteiger partial charge in [0.15, 0.2) is 0 Å². The summed E-state index contributed by atoms with van der Waals surface area (Å²) in [4.78, 5) is 14.8. The number of aryl methyl sites for hydroxylation is 1. The molecule has 0 aliphatic carbocycles. The van der Waals surface area contributed by atoms with Crippen molar-refractivity contribution in [2.24, 2.45) is 0 Å². The van der Waals surface area contributed by atoms with E-state index in [1.807, 2.05) is 54.6 Å². The monoisotopic (exact) mass is 324 g/mol. The molecule has 0 bridgehead atoms. The molecule has 0 aliphatic heterocycles. The standard InChI is InChI=1S/C18H16N2O4/c21-17(22)11-5-10-16-19-18(20-24-16)13-6-4-9-15(12-13)23-14-7-2-1-3-8-14/h1-4,6-9,12H,5,10-11H2,(H,21,22). The Kier molecular flexibility index (Phi) is 4.86. The van der Waals surface area contributed by atoms with Gasteiger partial charge in [-0.2, -0.15) is 4.98 Å². The molecule has 0 amide bonds.